The van der Waals surface area contributed by atoms with Crippen LogP contribution in [-0.2, 0) is 5.41 Å². The minimum absolute atomic E-state index is 0.0779. The van der Waals surface area contributed by atoms with Crippen molar-refractivity contribution in [2.75, 3.05) is 0 Å². The van der Waals surface area contributed by atoms with E-state index in [0.717, 1.165) is 27.6 Å². The van der Waals surface area contributed by atoms with Gasteiger partial charge in [-0.3, -0.25) is 0 Å². The fraction of sp³-hybridized carbons (Fsp3) is 0.0303. The standard InChI is InChI=1S/C35H25N.C32H19NO.C32H19NS/c1-35(2)30-20-29-32(21-28(30)27-18-16-23-11-7-9-15-26(23)34(27)35)36(24-12-4-3-5-13-24)31-19-17-22-10-6-8-14-25(22)33(29)31;1-2-10-24(11-3-1)33-29-13-7-6-12-25(29)26-19-32-28(18-30(26)33)27-16-22-14-20-8-4-5-9-21(20)15-23(22)17-31(27)34-32;1-2-9-21(10-3-1)33-28-17-16-23-22-11-5-4-8-20(22)14-15-25(23)32(28)27-19-31-26(18-29(27)33)24-12-6-7-13-30(24)34-31/h3-21H,1-2H3;2*1-19H. The summed E-state index contributed by atoms with van der Waals surface area (Å²) < 4.78 is 16.4. The maximum atomic E-state index is 6.44. The van der Waals surface area contributed by atoms with Crippen LogP contribution in [0.2, 0.25) is 0 Å². The highest BCUT2D eigenvalue weighted by molar-refractivity contribution is 7.25. The first-order valence-electron chi connectivity index (χ1n) is 35.9. The Labute approximate surface area is 601 Å². The largest absolute Gasteiger partial charge is 0.456 e. The van der Waals surface area contributed by atoms with E-state index < -0.39 is 0 Å². The van der Waals surface area contributed by atoms with Crippen molar-refractivity contribution in [2.45, 2.75) is 19.3 Å². The third-order valence-corrected chi connectivity index (χ3v) is 23.7. The molecule has 1 aliphatic carbocycles. The van der Waals surface area contributed by atoms with Crippen LogP contribution >= 0.6 is 11.3 Å². The molecule has 4 nitrogen and oxygen atoms in total. The number of hydrogen-bond donors (Lipinski definition) is 0. The topological polar surface area (TPSA) is 27.9 Å². The average Bonchev–Trinajstić information content (AvgIpc) is 1.55. The number of fused-ring (bicyclic) bond motifs is 28. The summed E-state index contributed by atoms with van der Waals surface area (Å²) in [7, 11) is 0. The van der Waals surface area contributed by atoms with Gasteiger partial charge in [0.2, 0.25) is 0 Å². The zero-order chi connectivity index (χ0) is 68.5. The Kier molecular flexibility index (Phi) is 12.7. The summed E-state index contributed by atoms with van der Waals surface area (Å²) in [5.41, 5.74) is 18.4. The number of thiophene rings is 1. The van der Waals surface area contributed by atoms with Crippen LogP contribution in [0.25, 0.3) is 200 Å². The summed E-state index contributed by atoms with van der Waals surface area (Å²) in [5, 5.41) is 28.2. The Bertz CT molecular complexity index is 7550. The monoisotopic (exact) mass is 1340 g/mol. The molecule has 0 bridgehead atoms. The van der Waals surface area contributed by atoms with Crippen LogP contribution in [0.1, 0.15) is 25.0 Å². The molecule has 23 aromatic rings. The van der Waals surface area contributed by atoms with Crippen molar-refractivity contribution >= 4 is 183 Å². The van der Waals surface area contributed by atoms with Crippen LogP contribution in [0.5, 0.6) is 0 Å². The number of hydrogen-bond acceptors (Lipinski definition) is 2. The summed E-state index contributed by atoms with van der Waals surface area (Å²) in [6.07, 6.45) is 0. The molecule has 0 spiro atoms. The van der Waals surface area contributed by atoms with Gasteiger partial charge >= 0.3 is 0 Å². The maximum Gasteiger partial charge on any atom is 0.136 e. The van der Waals surface area contributed by atoms with Gasteiger partial charge in [0.25, 0.3) is 0 Å². The molecule has 5 aromatic heterocycles. The van der Waals surface area contributed by atoms with Crippen LogP contribution in [-0.4, -0.2) is 13.7 Å². The highest BCUT2D eigenvalue weighted by Crippen LogP contribution is 2.54. The summed E-state index contributed by atoms with van der Waals surface area (Å²) in [6, 6.07) is 126. The molecular formula is C99H63N3OS. The fourth-order valence-electron chi connectivity index (χ4n) is 17.9. The van der Waals surface area contributed by atoms with Gasteiger partial charge in [-0.25, -0.2) is 0 Å². The second-order valence-electron chi connectivity index (χ2n) is 28.6. The molecule has 0 saturated heterocycles. The molecule has 0 fully saturated rings. The molecule has 0 radical (unpaired) electrons. The second-order valence-corrected chi connectivity index (χ2v) is 29.7. The number of furan rings is 1. The summed E-state index contributed by atoms with van der Waals surface area (Å²) in [5.74, 6) is 0. The Morgan fingerprint density at radius 2 is 0.712 bits per heavy atom. The van der Waals surface area contributed by atoms with Crippen LogP contribution < -0.4 is 0 Å². The molecule has 0 aliphatic heterocycles. The van der Waals surface area contributed by atoms with E-state index in [1.165, 1.54) is 184 Å². The van der Waals surface area contributed by atoms with E-state index in [4.69, 9.17) is 4.42 Å². The van der Waals surface area contributed by atoms with Crippen LogP contribution in [0.4, 0.5) is 0 Å². The number of benzene rings is 18. The first-order chi connectivity index (χ1) is 51.3. The van der Waals surface area contributed by atoms with Crippen molar-refractivity contribution in [1.82, 2.24) is 13.7 Å². The molecule has 104 heavy (non-hydrogen) atoms. The number of rotatable bonds is 3. The maximum absolute atomic E-state index is 6.44. The Balaban J connectivity index is 0.0000000980. The highest BCUT2D eigenvalue weighted by atomic mass is 32.1. The smallest absolute Gasteiger partial charge is 0.136 e. The van der Waals surface area contributed by atoms with E-state index in [1.54, 1.807) is 0 Å². The normalized spacial score (nSPS) is 12.8. The van der Waals surface area contributed by atoms with E-state index in [-0.39, 0.29) is 5.41 Å². The lowest BCUT2D eigenvalue weighted by Gasteiger charge is -2.23. The van der Waals surface area contributed by atoms with Crippen molar-refractivity contribution in [3.8, 4) is 28.2 Å². The van der Waals surface area contributed by atoms with Crippen molar-refractivity contribution in [3.05, 3.63) is 357 Å². The third-order valence-electron chi connectivity index (χ3n) is 22.6. The first-order valence-corrected chi connectivity index (χ1v) is 36.8. The van der Waals surface area contributed by atoms with Crippen LogP contribution in [0, 0.1) is 0 Å². The number of para-hydroxylation sites is 4. The fourth-order valence-corrected chi connectivity index (χ4v) is 19.1. The molecule has 24 rings (SSSR count). The first kappa shape index (κ1) is 58.7. The lowest BCUT2D eigenvalue weighted by Crippen LogP contribution is -2.15. The Hall–Kier alpha value is -13.1. The van der Waals surface area contributed by atoms with Gasteiger partial charge in [0.15, 0.2) is 0 Å². The van der Waals surface area contributed by atoms with Crippen molar-refractivity contribution < 1.29 is 4.42 Å². The molecule has 0 N–H and O–H groups in total. The van der Waals surface area contributed by atoms with Gasteiger partial charge in [0.1, 0.15) is 11.2 Å². The lowest BCUT2D eigenvalue weighted by molar-refractivity contribution is 0.667. The van der Waals surface area contributed by atoms with Gasteiger partial charge in [-0.2, -0.15) is 0 Å². The molecule has 0 saturated carbocycles. The molecule has 0 atom stereocenters. The molecule has 1 aliphatic rings. The molecule has 0 amide bonds. The van der Waals surface area contributed by atoms with E-state index in [1.807, 2.05) is 11.3 Å². The zero-order valence-electron chi connectivity index (χ0n) is 57.1. The molecular weight excluding hydrogens is 1280 g/mol. The number of nitrogens with zero attached hydrogens (tertiary/aromatic N) is 3. The van der Waals surface area contributed by atoms with Gasteiger partial charge in [-0.05, 0) is 208 Å². The SMILES string of the molecule is CC1(C)c2cc3c4c5ccccc5ccc4n(-c4ccccc4)c3cc2-c2ccc3ccccc3c21.c1ccc(-n2c3cc4c(cc3c3c5ccc6ccccc6c5ccc32)sc2ccccc24)cc1.c1ccc(-n2c3ccccc3c3cc4oc5cc6cc7ccccc7cc6cc5c4cc32)cc1. The molecule has 486 valence electrons. The van der Waals surface area contributed by atoms with Gasteiger partial charge < -0.3 is 18.1 Å². The zero-order valence-corrected chi connectivity index (χ0v) is 57.9. The minimum atomic E-state index is -0.0779. The highest BCUT2D eigenvalue weighted by Gasteiger charge is 2.38. The molecule has 18 aromatic carbocycles. The predicted octanol–water partition coefficient (Wildman–Crippen LogP) is 27.8. The molecule has 0 unspecified atom stereocenters. The molecule has 5 heterocycles. The van der Waals surface area contributed by atoms with Gasteiger partial charge in [0, 0.05) is 85.7 Å². The lowest BCUT2D eigenvalue weighted by atomic mass is 9.80. The van der Waals surface area contributed by atoms with Crippen molar-refractivity contribution in [2.24, 2.45) is 0 Å². The quantitative estimate of drug-likeness (QED) is 0.128. The van der Waals surface area contributed by atoms with E-state index in [0.29, 0.717) is 0 Å². The van der Waals surface area contributed by atoms with Crippen LogP contribution in [0.3, 0.4) is 0 Å². The Morgan fingerprint density at radius 1 is 0.240 bits per heavy atom. The van der Waals surface area contributed by atoms with E-state index in [9.17, 15) is 0 Å². The van der Waals surface area contributed by atoms with E-state index >= 15 is 0 Å². The van der Waals surface area contributed by atoms with Crippen LogP contribution in [0.15, 0.2) is 350 Å². The summed E-state index contributed by atoms with van der Waals surface area (Å²) in [6.45, 7) is 4.79. The van der Waals surface area contributed by atoms with Crippen molar-refractivity contribution in [1.29, 1.82) is 0 Å². The Morgan fingerprint density at radius 3 is 1.41 bits per heavy atom. The average molecular weight is 1340 g/mol. The van der Waals surface area contributed by atoms with E-state index in [2.05, 4.69) is 373 Å². The van der Waals surface area contributed by atoms with Gasteiger partial charge in [-0.15, -0.1) is 11.3 Å². The van der Waals surface area contributed by atoms with Gasteiger partial charge in [0.05, 0.1) is 33.1 Å². The van der Waals surface area contributed by atoms with Crippen molar-refractivity contribution in [3.63, 3.8) is 0 Å². The summed E-state index contributed by atoms with van der Waals surface area (Å²) >= 11 is 1.89. The third kappa shape index (κ3) is 8.71. The van der Waals surface area contributed by atoms with Gasteiger partial charge in [-0.1, -0.05) is 238 Å². The summed E-state index contributed by atoms with van der Waals surface area (Å²) in [4.78, 5) is 0. The molecule has 5 heteroatoms. The second kappa shape index (κ2) is 22.5. The number of aromatic nitrogens is 3. The predicted molar refractivity (Wildman–Crippen MR) is 445 cm³/mol. The minimum Gasteiger partial charge on any atom is -0.456 e.